The average molecular weight is 449 g/mol. The zero-order chi connectivity index (χ0) is 23.1. The normalized spacial score (nSPS) is 10.5. The van der Waals surface area contributed by atoms with Crippen molar-refractivity contribution in [3.05, 3.63) is 84.4 Å². The van der Waals surface area contributed by atoms with Gasteiger partial charge in [-0.05, 0) is 61.7 Å². The number of hydrogen-bond acceptors (Lipinski definition) is 5. The van der Waals surface area contributed by atoms with Crippen LogP contribution in [0.2, 0.25) is 0 Å². The maximum Gasteiger partial charge on any atom is 0.243 e. The monoisotopic (exact) mass is 448 g/mol. The zero-order valence-electron chi connectivity index (χ0n) is 19.1. The van der Waals surface area contributed by atoms with Crippen molar-refractivity contribution >= 4 is 17.3 Å². The Morgan fingerprint density at radius 2 is 1.58 bits per heavy atom. The molecule has 174 valence electrons. The van der Waals surface area contributed by atoms with Gasteiger partial charge in [0.05, 0.1) is 19.8 Å². The van der Waals surface area contributed by atoms with E-state index in [0.29, 0.717) is 32.1 Å². The summed E-state index contributed by atoms with van der Waals surface area (Å²) in [6.45, 7) is 4.50. The first-order chi connectivity index (χ1) is 16.2. The van der Waals surface area contributed by atoms with Crippen molar-refractivity contribution in [2.75, 3.05) is 43.6 Å². The van der Waals surface area contributed by atoms with Crippen molar-refractivity contribution in [1.29, 1.82) is 0 Å². The van der Waals surface area contributed by atoms with Crippen LogP contribution in [0.3, 0.4) is 0 Å². The van der Waals surface area contributed by atoms with E-state index in [-0.39, 0.29) is 12.5 Å². The SMILES string of the molecule is CCOCCOc1ccc(NCC(=O)Nc2cccc(OCCCc3ccccc3)c2)cc1. The first kappa shape index (κ1) is 24.1. The lowest BCUT2D eigenvalue weighted by atomic mass is 10.1. The third-order valence-corrected chi connectivity index (χ3v) is 4.85. The molecule has 0 heterocycles. The van der Waals surface area contributed by atoms with E-state index in [1.54, 1.807) is 0 Å². The van der Waals surface area contributed by atoms with Gasteiger partial charge < -0.3 is 24.8 Å². The maximum absolute atomic E-state index is 12.3. The fourth-order valence-electron chi connectivity index (χ4n) is 3.19. The van der Waals surface area contributed by atoms with Gasteiger partial charge in [0.1, 0.15) is 18.1 Å². The van der Waals surface area contributed by atoms with Crippen LogP contribution in [0.1, 0.15) is 18.9 Å². The van der Waals surface area contributed by atoms with Crippen molar-refractivity contribution < 1.29 is 19.0 Å². The highest BCUT2D eigenvalue weighted by molar-refractivity contribution is 5.93. The number of ether oxygens (including phenoxy) is 3. The van der Waals surface area contributed by atoms with Crippen molar-refractivity contribution in [1.82, 2.24) is 0 Å². The largest absolute Gasteiger partial charge is 0.494 e. The summed E-state index contributed by atoms with van der Waals surface area (Å²) >= 11 is 0. The highest BCUT2D eigenvalue weighted by Gasteiger charge is 2.04. The van der Waals surface area contributed by atoms with Crippen LogP contribution in [0, 0.1) is 0 Å². The number of amides is 1. The van der Waals surface area contributed by atoms with Gasteiger partial charge in [-0.25, -0.2) is 0 Å². The number of nitrogens with one attached hydrogen (secondary N) is 2. The van der Waals surface area contributed by atoms with Gasteiger partial charge in [0.2, 0.25) is 5.91 Å². The van der Waals surface area contributed by atoms with E-state index in [4.69, 9.17) is 14.2 Å². The van der Waals surface area contributed by atoms with Crippen LogP contribution in [0.5, 0.6) is 11.5 Å². The summed E-state index contributed by atoms with van der Waals surface area (Å²) < 4.78 is 16.7. The Morgan fingerprint density at radius 1 is 0.788 bits per heavy atom. The molecule has 0 radical (unpaired) electrons. The Morgan fingerprint density at radius 3 is 2.36 bits per heavy atom. The molecule has 0 aliphatic rings. The Labute approximate surface area is 195 Å². The Hall–Kier alpha value is -3.51. The second-order valence-electron chi connectivity index (χ2n) is 7.44. The number of anilines is 2. The van der Waals surface area contributed by atoms with Crippen LogP contribution >= 0.6 is 0 Å². The first-order valence-electron chi connectivity index (χ1n) is 11.3. The standard InChI is InChI=1S/C27H32N2O4/c1-2-31-18-19-33-25-15-13-23(14-16-25)28-21-27(30)29-24-11-6-12-26(20-24)32-17-7-10-22-8-4-3-5-9-22/h3-6,8-9,11-16,20,28H,2,7,10,17-19,21H2,1H3,(H,29,30). The van der Waals surface area contributed by atoms with Crippen molar-refractivity contribution in [2.45, 2.75) is 19.8 Å². The van der Waals surface area contributed by atoms with Crippen LogP contribution in [-0.2, 0) is 16.0 Å². The molecule has 3 aromatic rings. The third kappa shape index (κ3) is 9.25. The fraction of sp³-hybridized carbons (Fsp3) is 0.296. The van der Waals surface area contributed by atoms with Gasteiger partial charge in [0.25, 0.3) is 0 Å². The van der Waals surface area contributed by atoms with Gasteiger partial charge in [-0.3, -0.25) is 4.79 Å². The predicted molar refractivity (Wildman–Crippen MR) is 132 cm³/mol. The molecule has 2 N–H and O–H groups in total. The number of aryl methyl sites for hydroxylation is 1. The third-order valence-electron chi connectivity index (χ3n) is 4.85. The summed E-state index contributed by atoms with van der Waals surface area (Å²) in [5.41, 5.74) is 2.86. The topological polar surface area (TPSA) is 68.8 Å². The van der Waals surface area contributed by atoms with Gasteiger partial charge in [-0.2, -0.15) is 0 Å². The molecule has 1 amide bonds. The second-order valence-corrected chi connectivity index (χ2v) is 7.44. The maximum atomic E-state index is 12.3. The van der Waals surface area contributed by atoms with Gasteiger partial charge in [-0.1, -0.05) is 36.4 Å². The number of carbonyl (C=O) groups is 1. The molecule has 0 bridgehead atoms. The summed E-state index contributed by atoms with van der Waals surface area (Å²) in [5, 5.41) is 6.02. The lowest BCUT2D eigenvalue weighted by Gasteiger charge is -2.11. The summed E-state index contributed by atoms with van der Waals surface area (Å²) in [6, 6.07) is 25.3. The molecule has 0 atom stereocenters. The second kappa shape index (κ2) is 13.8. The summed E-state index contributed by atoms with van der Waals surface area (Å²) in [5.74, 6) is 1.38. The molecular weight excluding hydrogens is 416 g/mol. The fourth-order valence-corrected chi connectivity index (χ4v) is 3.19. The van der Waals surface area contributed by atoms with Gasteiger partial charge in [0, 0.05) is 24.0 Å². The van der Waals surface area contributed by atoms with E-state index < -0.39 is 0 Å². The van der Waals surface area contributed by atoms with Crippen LogP contribution in [0.25, 0.3) is 0 Å². The molecule has 6 heteroatoms. The zero-order valence-corrected chi connectivity index (χ0v) is 19.1. The summed E-state index contributed by atoms with van der Waals surface area (Å²) in [4.78, 5) is 12.3. The highest BCUT2D eigenvalue weighted by atomic mass is 16.5. The van der Waals surface area contributed by atoms with Crippen LogP contribution in [0.15, 0.2) is 78.9 Å². The lowest BCUT2D eigenvalue weighted by Crippen LogP contribution is -2.21. The van der Waals surface area contributed by atoms with E-state index in [0.717, 1.165) is 30.0 Å². The Balaban J connectivity index is 1.36. The van der Waals surface area contributed by atoms with Crippen LogP contribution in [0.4, 0.5) is 11.4 Å². The average Bonchev–Trinajstić information content (AvgIpc) is 2.85. The quantitative estimate of drug-likeness (QED) is 0.333. The molecule has 3 rings (SSSR count). The molecule has 0 spiro atoms. The molecule has 33 heavy (non-hydrogen) atoms. The van der Waals surface area contributed by atoms with E-state index in [2.05, 4.69) is 22.8 Å². The van der Waals surface area contributed by atoms with Crippen LogP contribution in [-0.4, -0.2) is 38.9 Å². The summed E-state index contributed by atoms with van der Waals surface area (Å²) in [7, 11) is 0. The number of rotatable bonds is 14. The smallest absolute Gasteiger partial charge is 0.243 e. The molecule has 0 saturated carbocycles. The number of benzene rings is 3. The minimum Gasteiger partial charge on any atom is -0.494 e. The molecule has 6 nitrogen and oxygen atoms in total. The number of carbonyl (C=O) groups excluding carboxylic acids is 1. The van der Waals surface area contributed by atoms with E-state index >= 15 is 0 Å². The Bertz CT molecular complexity index is 961. The van der Waals surface area contributed by atoms with Gasteiger partial charge >= 0.3 is 0 Å². The molecule has 0 aromatic heterocycles. The molecule has 0 unspecified atom stereocenters. The van der Waals surface area contributed by atoms with Gasteiger partial charge in [-0.15, -0.1) is 0 Å². The Kier molecular flexibility index (Phi) is 10.1. The van der Waals surface area contributed by atoms with E-state index in [1.807, 2.05) is 73.7 Å². The minimum absolute atomic E-state index is 0.131. The molecule has 0 aliphatic heterocycles. The van der Waals surface area contributed by atoms with Gasteiger partial charge in [0.15, 0.2) is 0 Å². The molecule has 3 aromatic carbocycles. The highest BCUT2D eigenvalue weighted by Crippen LogP contribution is 2.18. The molecule has 0 fully saturated rings. The van der Waals surface area contributed by atoms with Crippen molar-refractivity contribution in [3.8, 4) is 11.5 Å². The first-order valence-corrected chi connectivity index (χ1v) is 11.3. The molecular formula is C27H32N2O4. The van der Waals surface area contributed by atoms with Crippen LogP contribution < -0.4 is 20.1 Å². The number of hydrogen-bond donors (Lipinski definition) is 2. The molecule has 0 aliphatic carbocycles. The van der Waals surface area contributed by atoms with Crippen molar-refractivity contribution in [3.63, 3.8) is 0 Å². The van der Waals surface area contributed by atoms with E-state index in [9.17, 15) is 4.79 Å². The molecule has 0 saturated heterocycles. The minimum atomic E-state index is -0.131. The summed E-state index contributed by atoms with van der Waals surface area (Å²) in [6.07, 6.45) is 1.91. The lowest BCUT2D eigenvalue weighted by molar-refractivity contribution is -0.114. The van der Waals surface area contributed by atoms with Crippen molar-refractivity contribution in [2.24, 2.45) is 0 Å². The van der Waals surface area contributed by atoms with E-state index in [1.165, 1.54) is 5.56 Å². The predicted octanol–water partition coefficient (Wildman–Crippen LogP) is 5.16.